The normalized spacial score (nSPS) is 16.0. The smallest absolute Gasteiger partial charge is 0.229 e. The first-order chi connectivity index (χ1) is 10.3. The first kappa shape index (κ1) is 13.8. The zero-order valence-corrected chi connectivity index (χ0v) is 11.9. The third-order valence-corrected chi connectivity index (χ3v) is 3.97. The number of nitrogens with one attached hydrogen (secondary N) is 2. The fourth-order valence-corrected chi connectivity index (χ4v) is 2.65. The molecule has 0 saturated carbocycles. The molecular weight excluding hydrogens is 262 g/mol. The van der Waals surface area contributed by atoms with Crippen LogP contribution in [0.25, 0.3) is 0 Å². The molecule has 1 saturated heterocycles. The Hall–Kier alpha value is -2.20. The first-order valence-corrected chi connectivity index (χ1v) is 7.20. The minimum absolute atomic E-state index is 0.119. The summed E-state index contributed by atoms with van der Waals surface area (Å²) in [5.41, 5.74) is 1.91. The molecule has 0 unspecified atom stereocenters. The van der Waals surface area contributed by atoms with Crippen LogP contribution in [-0.2, 0) is 17.8 Å². The Morgan fingerprint density at radius 1 is 1.14 bits per heavy atom. The number of nitrogens with zero attached hydrogens (tertiary/aromatic N) is 1. The Bertz CT molecular complexity index is 594. The summed E-state index contributed by atoms with van der Waals surface area (Å²) >= 11 is 0. The highest BCUT2D eigenvalue weighted by molar-refractivity contribution is 5.84. The van der Waals surface area contributed by atoms with Gasteiger partial charge in [0.2, 0.25) is 5.91 Å². The average molecular weight is 281 g/mol. The highest BCUT2D eigenvalue weighted by Crippen LogP contribution is 2.28. The van der Waals surface area contributed by atoms with Gasteiger partial charge in [-0.25, -0.2) is 0 Å². The summed E-state index contributed by atoms with van der Waals surface area (Å²) in [6.45, 7) is 2.00. The molecule has 0 atom stereocenters. The van der Waals surface area contributed by atoms with Gasteiger partial charge in [-0.1, -0.05) is 36.4 Å². The number of hydrogen-bond donors (Lipinski definition) is 2. The number of aromatic nitrogens is 1. The molecule has 2 heterocycles. The van der Waals surface area contributed by atoms with Crippen molar-refractivity contribution in [2.24, 2.45) is 5.41 Å². The molecule has 1 aromatic carbocycles. The third kappa shape index (κ3) is 3.11. The van der Waals surface area contributed by atoms with Crippen LogP contribution in [0, 0.1) is 5.41 Å². The number of carbonyl (C=O) groups excluding carboxylic acids is 1. The number of rotatable bonds is 5. The molecule has 0 aliphatic carbocycles. The molecule has 4 heteroatoms. The summed E-state index contributed by atoms with van der Waals surface area (Å²) < 4.78 is 0. The van der Waals surface area contributed by atoms with Gasteiger partial charge in [-0.05, 0) is 23.6 Å². The number of carbonyl (C=O) groups is 1. The fourth-order valence-electron chi connectivity index (χ4n) is 2.65. The summed E-state index contributed by atoms with van der Waals surface area (Å²) in [7, 11) is 0. The Morgan fingerprint density at radius 2 is 1.90 bits per heavy atom. The summed E-state index contributed by atoms with van der Waals surface area (Å²) in [6.07, 6.45) is 4.29. The lowest BCUT2D eigenvalue weighted by Gasteiger charge is -2.41. The average Bonchev–Trinajstić information content (AvgIpc) is 2.50. The van der Waals surface area contributed by atoms with Crippen LogP contribution in [0.1, 0.15) is 11.1 Å². The van der Waals surface area contributed by atoms with Crippen LogP contribution in [0.4, 0.5) is 0 Å². The van der Waals surface area contributed by atoms with Gasteiger partial charge in [-0.15, -0.1) is 0 Å². The lowest BCUT2D eigenvalue weighted by Crippen LogP contribution is -2.62. The van der Waals surface area contributed by atoms with Crippen molar-refractivity contribution in [1.29, 1.82) is 0 Å². The first-order valence-electron chi connectivity index (χ1n) is 7.20. The zero-order valence-electron chi connectivity index (χ0n) is 11.9. The van der Waals surface area contributed by atoms with Crippen LogP contribution in [0.2, 0.25) is 0 Å². The molecule has 1 aliphatic heterocycles. The molecule has 1 aliphatic rings. The van der Waals surface area contributed by atoms with Gasteiger partial charge < -0.3 is 10.6 Å². The number of benzene rings is 1. The maximum atomic E-state index is 12.6. The van der Waals surface area contributed by atoms with Crippen LogP contribution in [0.3, 0.4) is 0 Å². The van der Waals surface area contributed by atoms with Gasteiger partial charge in [0.1, 0.15) is 0 Å². The summed E-state index contributed by atoms with van der Waals surface area (Å²) in [4.78, 5) is 16.6. The van der Waals surface area contributed by atoms with Gasteiger partial charge in [0.05, 0.1) is 5.41 Å². The predicted molar refractivity (Wildman–Crippen MR) is 81.5 cm³/mol. The summed E-state index contributed by atoms with van der Waals surface area (Å²) in [5.74, 6) is 0.119. The second kappa shape index (κ2) is 6.06. The van der Waals surface area contributed by atoms with Crippen molar-refractivity contribution in [3.05, 3.63) is 66.0 Å². The lowest BCUT2D eigenvalue weighted by atomic mass is 9.75. The van der Waals surface area contributed by atoms with Crippen molar-refractivity contribution < 1.29 is 4.79 Å². The van der Waals surface area contributed by atoms with Crippen LogP contribution in [0.15, 0.2) is 54.9 Å². The summed E-state index contributed by atoms with van der Waals surface area (Å²) in [6, 6.07) is 14.0. The molecular formula is C17H19N3O. The summed E-state index contributed by atoms with van der Waals surface area (Å²) in [5, 5.41) is 6.27. The molecule has 1 amide bonds. The fraction of sp³-hybridized carbons (Fsp3) is 0.294. The number of hydrogen-bond acceptors (Lipinski definition) is 3. The highest BCUT2D eigenvalue weighted by atomic mass is 16.2. The van der Waals surface area contributed by atoms with Crippen LogP contribution in [0.5, 0.6) is 0 Å². The van der Waals surface area contributed by atoms with E-state index >= 15 is 0 Å². The standard InChI is InChI=1S/C17H19N3O/c21-16(20-11-15-7-4-8-18-10-15)17(12-19-13-17)9-14-5-2-1-3-6-14/h1-8,10,19H,9,11-13H2,(H,20,21). The molecule has 2 N–H and O–H groups in total. The molecule has 21 heavy (non-hydrogen) atoms. The van der Waals surface area contributed by atoms with E-state index in [1.165, 1.54) is 5.56 Å². The topological polar surface area (TPSA) is 54.0 Å². The van der Waals surface area contributed by atoms with Crippen molar-refractivity contribution >= 4 is 5.91 Å². The van der Waals surface area contributed by atoms with Gasteiger partial charge in [-0.3, -0.25) is 9.78 Å². The Balaban J connectivity index is 1.64. The lowest BCUT2D eigenvalue weighted by molar-refractivity contribution is -0.134. The van der Waals surface area contributed by atoms with Crippen LogP contribution >= 0.6 is 0 Å². The van der Waals surface area contributed by atoms with E-state index in [9.17, 15) is 4.79 Å². The molecule has 4 nitrogen and oxygen atoms in total. The zero-order chi connectivity index (χ0) is 14.5. The predicted octanol–water partition coefficient (Wildman–Crippen LogP) is 1.53. The maximum absolute atomic E-state index is 12.6. The van der Waals surface area contributed by atoms with E-state index in [2.05, 4.69) is 27.8 Å². The Labute approximate surface area is 124 Å². The van der Waals surface area contributed by atoms with Gasteiger partial charge in [-0.2, -0.15) is 0 Å². The minimum atomic E-state index is -0.316. The molecule has 0 spiro atoms. The number of pyridine rings is 1. The molecule has 0 bridgehead atoms. The largest absolute Gasteiger partial charge is 0.351 e. The van der Waals surface area contributed by atoms with Gasteiger partial charge in [0.15, 0.2) is 0 Å². The van der Waals surface area contributed by atoms with Crippen molar-refractivity contribution in [3.63, 3.8) is 0 Å². The monoisotopic (exact) mass is 281 g/mol. The maximum Gasteiger partial charge on any atom is 0.229 e. The van der Waals surface area contributed by atoms with E-state index in [-0.39, 0.29) is 11.3 Å². The van der Waals surface area contributed by atoms with Gasteiger partial charge in [0, 0.05) is 32.0 Å². The molecule has 108 valence electrons. The Morgan fingerprint density at radius 3 is 2.52 bits per heavy atom. The van der Waals surface area contributed by atoms with Crippen molar-refractivity contribution in [2.45, 2.75) is 13.0 Å². The van der Waals surface area contributed by atoms with Crippen molar-refractivity contribution in [3.8, 4) is 0 Å². The molecule has 3 rings (SSSR count). The minimum Gasteiger partial charge on any atom is -0.351 e. The Kier molecular flexibility index (Phi) is 3.97. The van der Waals surface area contributed by atoms with E-state index in [1.54, 1.807) is 12.4 Å². The van der Waals surface area contributed by atoms with E-state index in [4.69, 9.17) is 0 Å². The molecule has 1 fully saturated rings. The van der Waals surface area contributed by atoms with E-state index in [0.29, 0.717) is 6.54 Å². The molecule has 2 aromatic rings. The second-order valence-corrected chi connectivity index (χ2v) is 5.59. The number of amides is 1. The third-order valence-electron chi connectivity index (χ3n) is 3.97. The van der Waals surface area contributed by atoms with E-state index in [1.807, 2.05) is 30.3 Å². The van der Waals surface area contributed by atoms with E-state index in [0.717, 1.165) is 25.1 Å². The quantitative estimate of drug-likeness (QED) is 0.874. The highest BCUT2D eigenvalue weighted by Gasteiger charge is 2.43. The molecule has 0 radical (unpaired) electrons. The second-order valence-electron chi connectivity index (χ2n) is 5.59. The molecule has 1 aromatic heterocycles. The van der Waals surface area contributed by atoms with Crippen molar-refractivity contribution in [1.82, 2.24) is 15.6 Å². The van der Waals surface area contributed by atoms with Gasteiger partial charge >= 0.3 is 0 Å². The van der Waals surface area contributed by atoms with E-state index < -0.39 is 0 Å². The van der Waals surface area contributed by atoms with Crippen LogP contribution in [-0.4, -0.2) is 24.0 Å². The SMILES string of the molecule is O=C(NCc1cccnc1)C1(Cc2ccccc2)CNC1. The van der Waals surface area contributed by atoms with Crippen molar-refractivity contribution in [2.75, 3.05) is 13.1 Å². The van der Waals surface area contributed by atoms with Crippen LogP contribution < -0.4 is 10.6 Å². The van der Waals surface area contributed by atoms with Gasteiger partial charge in [0.25, 0.3) is 0 Å².